The van der Waals surface area contributed by atoms with Crippen molar-refractivity contribution in [1.29, 1.82) is 0 Å². The van der Waals surface area contributed by atoms with E-state index in [0.29, 0.717) is 12.7 Å². The van der Waals surface area contributed by atoms with Gasteiger partial charge in [-0.1, -0.05) is 148 Å². The molecule has 0 fully saturated rings. The van der Waals surface area contributed by atoms with Crippen LogP contribution in [0.5, 0.6) is 0 Å². The molecular weight excluding hydrogens is 552 g/mol. The van der Waals surface area contributed by atoms with Gasteiger partial charge in [0, 0.05) is 0 Å². The van der Waals surface area contributed by atoms with E-state index in [1.165, 1.54) is 46.4 Å². The first kappa shape index (κ1) is 30.0. The molecule has 0 heterocycles. The molecule has 0 aliphatic heterocycles. The quantitative estimate of drug-likeness (QED) is 0.144. The predicted molar refractivity (Wildman–Crippen MR) is 160 cm³/mol. The molecule has 0 aliphatic rings. The topological polar surface area (TPSA) is 0 Å². The number of halogens is 2. The van der Waals surface area contributed by atoms with E-state index in [2.05, 4.69) is 135 Å². The summed E-state index contributed by atoms with van der Waals surface area (Å²) in [5, 5.41) is 5.97. The summed E-state index contributed by atoms with van der Waals surface area (Å²) in [6, 6.07) is 43.6. The van der Waals surface area contributed by atoms with Gasteiger partial charge in [0.2, 0.25) is 0 Å². The summed E-state index contributed by atoms with van der Waals surface area (Å²) < 4.78 is 0. The van der Waals surface area contributed by atoms with Crippen LogP contribution in [0.2, 0.25) is 0 Å². The van der Waals surface area contributed by atoms with E-state index >= 15 is 0 Å². The van der Waals surface area contributed by atoms with E-state index in [0.717, 1.165) is 0 Å². The van der Waals surface area contributed by atoms with Crippen molar-refractivity contribution in [3.63, 3.8) is 0 Å². The van der Waals surface area contributed by atoms with Crippen LogP contribution in [0.4, 0.5) is 0 Å². The fraction of sp³-hybridized carbons (Fsp3) is 0.200. The number of hydrogen-bond donors (Lipinski definition) is 0. The minimum atomic E-state index is -0.151. The Bertz CT molecular complexity index is 855. The standard InChI is InChI=1S/2C15H17P.2ClH.Ni/c2*1-2-13-16(14-9-5-3-6-10-14)15-11-7-4-8-12-15;;;/h2*3-12H,2,13H2,1H3;2*1H;/q;;;;+2/p-2. The van der Waals surface area contributed by atoms with Crippen molar-refractivity contribution >= 4 is 57.4 Å². The van der Waals surface area contributed by atoms with E-state index in [1.807, 2.05) is 0 Å². The first-order valence-corrected chi connectivity index (χ1v) is 17.6. The van der Waals surface area contributed by atoms with Crippen molar-refractivity contribution < 1.29 is 12.7 Å². The van der Waals surface area contributed by atoms with Gasteiger partial charge in [0.1, 0.15) is 0 Å². The van der Waals surface area contributed by atoms with Gasteiger partial charge in [-0.05, 0) is 49.4 Å². The van der Waals surface area contributed by atoms with Crippen molar-refractivity contribution in [2.75, 3.05) is 12.3 Å². The van der Waals surface area contributed by atoms with Gasteiger partial charge in [0.15, 0.2) is 0 Å². The fourth-order valence-electron chi connectivity index (χ4n) is 3.69. The van der Waals surface area contributed by atoms with E-state index < -0.39 is 0 Å². The summed E-state index contributed by atoms with van der Waals surface area (Å²) in [7, 11) is 9.10. The molecule has 35 heavy (non-hydrogen) atoms. The first-order valence-electron chi connectivity index (χ1n) is 11.8. The molecule has 0 N–H and O–H groups in total. The Morgan fingerprint density at radius 1 is 0.457 bits per heavy atom. The van der Waals surface area contributed by atoms with Gasteiger partial charge in [-0.15, -0.1) is 0 Å². The van der Waals surface area contributed by atoms with Crippen LogP contribution in [-0.4, -0.2) is 12.3 Å². The van der Waals surface area contributed by atoms with Crippen molar-refractivity contribution in [3.8, 4) is 0 Å². The summed E-state index contributed by atoms with van der Waals surface area (Å²) >= 11 is 0.569. The normalized spacial score (nSPS) is 10.3. The molecule has 4 rings (SSSR count). The monoisotopic (exact) mass is 584 g/mol. The number of benzene rings is 4. The predicted octanol–water partition coefficient (Wildman–Crippen LogP) is 8.44. The Morgan fingerprint density at radius 2 is 0.657 bits per heavy atom. The van der Waals surface area contributed by atoms with Crippen LogP contribution in [-0.2, 0) is 12.7 Å². The Morgan fingerprint density at radius 3 is 0.829 bits per heavy atom. The zero-order valence-corrected chi connectivity index (χ0v) is 24.6. The molecule has 0 unspecified atom stereocenters. The molecule has 0 spiro atoms. The first-order chi connectivity index (χ1) is 17.2. The molecule has 0 atom stereocenters. The molecule has 0 nitrogen and oxygen atoms in total. The van der Waals surface area contributed by atoms with Crippen molar-refractivity contribution in [3.05, 3.63) is 121 Å². The van der Waals surface area contributed by atoms with Crippen LogP contribution in [0.1, 0.15) is 26.7 Å². The van der Waals surface area contributed by atoms with Crippen molar-refractivity contribution in [2.45, 2.75) is 26.7 Å². The molecule has 0 saturated heterocycles. The second-order valence-corrected chi connectivity index (χ2v) is 14.0. The van der Waals surface area contributed by atoms with Gasteiger partial charge in [0.05, 0.1) is 0 Å². The van der Waals surface area contributed by atoms with E-state index in [-0.39, 0.29) is 15.8 Å². The van der Waals surface area contributed by atoms with Crippen LogP contribution in [0.3, 0.4) is 0 Å². The van der Waals surface area contributed by atoms with E-state index in [4.69, 9.17) is 20.4 Å². The molecule has 0 saturated carbocycles. The molecule has 188 valence electrons. The van der Waals surface area contributed by atoms with E-state index in [9.17, 15) is 0 Å². The molecule has 4 aromatic rings. The maximum atomic E-state index is 4.70. The summed E-state index contributed by atoms with van der Waals surface area (Å²) in [4.78, 5) is 0. The molecular formula is C30H34Cl2NiP2. The van der Waals surface area contributed by atoms with Crippen LogP contribution >= 0.6 is 36.2 Å². The van der Waals surface area contributed by atoms with Gasteiger partial charge >= 0.3 is 33.0 Å². The molecule has 0 amide bonds. The summed E-state index contributed by atoms with van der Waals surface area (Å²) in [5.41, 5.74) is 0. The van der Waals surface area contributed by atoms with Crippen molar-refractivity contribution in [1.82, 2.24) is 0 Å². The molecule has 0 bridgehead atoms. The second-order valence-electron chi connectivity index (χ2n) is 7.69. The Hall–Kier alpha value is -1.19. The summed E-state index contributed by atoms with van der Waals surface area (Å²) in [6.07, 6.45) is 5.05. The van der Waals surface area contributed by atoms with Gasteiger partial charge < -0.3 is 0 Å². The van der Waals surface area contributed by atoms with Gasteiger partial charge in [-0.25, -0.2) is 0 Å². The second kappa shape index (κ2) is 19.0. The SMILES string of the molecule is CCCP(c1ccccc1)c1ccccc1.CCCP(c1ccccc1)c1ccccc1.[Cl][Ni][Cl]. The van der Waals surface area contributed by atoms with Crippen LogP contribution in [0.25, 0.3) is 0 Å². The molecule has 5 heteroatoms. The number of rotatable bonds is 8. The zero-order chi connectivity index (χ0) is 25.1. The maximum absolute atomic E-state index is 4.70. The molecule has 0 aliphatic carbocycles. The third kappa shape index (κ3) is 11.2. The molecule has 4 aromatic carbocycles. The summed E-state index contributed by atoms with van der Waals surface area (Å²) in [5.74, 6) is 0. The Labute approximate surface area is 229 Å². The zero-order valence-electron chi connectivity index (χ0n) is 20.3. The van der Waals surface area contributed by atoms with Crippen LogP contribution in [0, 0.1) is 0 Å². The summed E-state index contributed by atoms with van der Waals surface area (Å²) in [6.45, 7) is 4.53. The third-order valence-corrected chi connectivity index (χ3v) is 10.6. The van der Waals surface area contributed by atoms with Crippen LogP contribution < -0.4 is 21.2 Å². The average molecular weight is 586 g/mol. The molecule has 0 radical (unpaired) electrons. The van der Waals surface area contributed by atoms with Crippen LogP contribution in [0.15, 0.2) is 121 Å². The minimum absolute atomic E-state index is 0.151. The van der Waals surface area contributed by atoms with E-state index in [1.54, 1.807) is 0 Å². The fourth-order valence-corrected chi connectivity index (χ4v) is 8.35. The van der Waals surface area contributed by atoms with Gasteiger partial charge in [-0.2, -0.15) is 0 Å². The average Bonchev–Trinajstić information content (AvgIpc) is 2.93. The molecule has 0 aromatic heterocycles. The van der Waals surface area contributed by atoms with Gasteiger partial charge in [0.25, 0.3) is 0 Å². The van der Waals surface area contributed by atoms with Crippen molar-refractivity contribution in [2.24, 2.45) is 0 Å². The number of hydrogen-bond acceptors (Lipinski definition) is 0. The Kier molecular flexibility index (Phi) is 16.3. The van der Waals surface area contributed by atoms with Gasteiger partial charge in [-0.3, -0.25) is 0 Å². The third-order valence-electron chi connectivity index (χ3n) is 5.17. The Balaban J connectivity index is 0.000000222.